The molecule has 0 spiro atoms. The highest BCUT2D eigenvalue weighted by atomic mass is 32.2. The molecule has 3 aromatic rings. The SMILES string of the molecule is O=C(CSc1nc2ccccc2s1)NNC(=S)Nc1ccc(OC(F)F)cc1. The number of benzene rings is 2. The first kappa shape index (κ1) is 20.2. The molecule has 11 heteroatoms. The summed E-state index contributed by atoms with van der Waals surface area (Å²) in [4.78, 5) is 16.4. The largest absolute Gasteiger partial charge is 0.435 e. The van der Waals surface area contributed by atoms with Crippen LogP contribution in [0.15, 0.2) is 52.9 Å². The molecule has 6 nitrogen and oxygen atoms in total. The number of carbonyl (C=O) groups is 1. The van der Waals surface area contributed by atoms with Crippen LogP contribution in [-0.4, -0.2) is 28.4 Å². The van der Waals surface area contributed by atoms with Gasteiger partial charge in [0.2, 0.25) is 5.91 Å². The van der Waals surface area contributed by atoms with Gasteiger partial charge in [-0.05, 0) is 48.6 Å². The van der Waals surface area contributed by atoms with Crippen molar-refractivity contribution in [2.45, 2.75) is 11.0 Å². The third-order valence-electron chi connectivity index (χ3n) is 3.25. The number of thioether (sulfide) groups is 1. The molecule has 0 radical (unpaired) electrons. The molecule has 0 aliphatic heterocycles. The number of nitrogens with one attached hydrogen (secondary N) is 3. The summed E-state index contributed by atoms with van der Waals surface area (Å²) >= 11 is 7.93. The first-order chi connectivity index (χ1) is 13.5. The van der Waals surface area contributed by atoms with Gasteiger partial charge in [0.1, 0.15) is 5.75 Å². The summed E-state index contributed by atoms with van der Waals surface area (Å²) in [5.41, 5.74) is 6.52. The molecule has 0 saturated carbocycles. The Labute approximate surface area is 172 Å². The fourth-order valence-electron chi connectivity index (χ4n) is 2.08. The number of nitrogens with zero attached hydrogens (tertiary/aromatic N) is 1. The number of halogens is 2. The van der Waals surface area contributed by atoms with E-state index < -0.39 is 6.61 Å². The molecule has 146 valence electrons. The van der Waals surface area contributed by atoms with Crippen molar-refractivity contribution in [3.05, 3.63) is 48.5 Å². The Balaban J connectivity index is 1.40. The number of anilines is 1. The van der Waals surface area contributed by atoms with Gasteiger partial charge in [-0.15, -0.1) is 11.3 Å². The monoisotopic (exact) mass is 440 g/mol. The molecule has 0 aliphatic rings. The Hall–Kier alpha value is -2.50. The minimum atomic E-state index is -2.88. The van der Waals surface area contributed by atoms with Crippen LogP contribution in [0.25, 0.3) is 10.2 Å². The first-order valence-corrected chi connectivity index (χ1v) is 10.1. The number of hydrazine groups is 1. The number of rotatable bonds is 6. The number of ether oxygens (including phenoxy) is 1. The maximum Gasteiger partial charge on any atom is 0.387 e. The number of hydrogen-bond donors (Lipinski definition) is 3. The van der Waals surface area contributed by atoms with E-state index in [1.54, 1.807) is 0 Å². The maximum atomic E-state index is 12.1. The molecule has 0 unspecified atom stereocenters. The highest BCUT2D eigenvalue weighted by molar-refractivity contribution is 8.01. The van der Waals surface area contributed by atoms with E-state index in [1.807, 2.05) is 24.3 Å². The van der Waals surface area contributed by atoms with Gasteiger partial charge in [-0.1, -0.05) is 23.9 Å². The number of thiazole rings is 1. The summed E-state index contributed by atoms with van der Waals surface area (Å²) in [5.74, 6) is -0.0524. The fraction of sp³-hybridized carbons (Fsp3) is 0.118. The Bertz CT molecular complexity index is 933. The molecule has 0 atom stereocenters. The number of amides is 1. The van der Waals surface area contributed by atoms with Crippen molar-refractivity contribution in [2.24, 2.45) is 0 Å². The highest BCUT2D eigenvalue weighted by Crippen LogP contribution is 2.28. The van der Waals surface area contributed by atoms with Crippen molar-refractivity contribution in [2.75, 3.05) is 11.1 Å². The molecule has 0 saturated heterocycles. The van der Waals surface area contributed by atoms with Crippen molar-refractivity contribution >= 4 is 62.2 Å². The van der Waals surface area contributed by atoms with Gasteiger partial charge in [0.25, 0.3) is 0 Å². The summed E-state index contributed by atoms with van der Waals surface area (Å²) in [5, 5.41) is 2.97. The molecule has 0 fully saturated rings. The summed E-state index contributed by atoms with van der Waals surface area (Å²) < 4.78 is 30.4. The number of aromatic nitrogens is 1. The van der Waals surface area contributed by atoms with Crippen molar-refractivity contribution in [3.63, 3.8) is 0 Å². The molecule has 28 heavy (non-hydrogen) atoms. The highest BCUT2D eigenvalue weighted by Gasteiger charge is 2.08. The molecule has 1 heterocycles. The van der Waals surface area contributed by atoms with E-state index in [9.17, 15) is 13.6 Å². The lowest BCUT2D eigenvalue weighted by molar-refractivity contribution is -0.119. The van der Waals surface area contributed by atoms with Gasteiger partial charge in [0.15, 0.2) is 9.45 Å². The van der Waals surface area contributed by atoms with Crippen LogP contribution < -0.4 is 20.9 Å². The van der Waals surface area contributed by atoms with Gasteiger partial charge in [0.05, 0.1) is 16.0 Å². The third kappa shape index (κ3) is 6.01. The summed E-state index contributed by atoms with van der Waals surface area (Å²) in [6.45, 7) is -2.88. The van der Waals surface area contributed by atoms with Crippen molar-refractivity contribution in [3.8, 4) is 5.75 Å². The number of alkyl halides is 2. The lowest BCUT2D eigenvalue weighted by Crippen LogP contribution is -2.44. The van der Waals surface area contributed by atoms with Crippen LogP contribution in [0.4, 0.5) is 14.5 Å². The van der Waals surface area contributed by atoms with Crippen LogP contribution in [0.5, 0.6) is 5.75 Å². The van der Waals surface area contributed by atoms with Gasteiger partial charge >= 0.3 is 6.61 Å². The summed E-state index contributed by atoms with van der Waals surface area (Å²) in [6, 6.07) is 13.6. The molecular formula is C17H14F2N4O2S3. The van der Waals surface area contributed by atoms with E-state index in [4.69, 9.17) is 12.2 Å². The number of thiocarbonyl (C=S) groups is 1. The Morgan fingerprint density at radius 1 is 1.18 bits per heavy atom. The molecule has 1 aromatic heterocycles. The number of hydrogen-bond acceptors (Lipinski definition) is 6. The molecule has 2 aromatic carbocycles. The van der Waals surface area contributed by atoms with Crippen molar-refractivity contribution in [1.29, 1.82) is 0 Å². The summed E-state index contributed by atoms with van der Waals surface area (Å²) in [7, 11) is 0. The topological polar surface area (TPSA) is 75.3 Å². The smallest absolute Gasteiger partial charge is 0.387 e. The Morgan fingerprint density at radius 3 is 2.64 bits per heavy atom. The zero-order valence-electron chi connectivity index (χ0n) is 14.1. The first-order valence-electron chi connectivity index (χ1n) is 7.89. The van der Waals surface area contributed by atoms with E-state index in [0.29, 0.717) is 5.69 Å². The van der Waals surface area contributed by atoms with Crippen LogP contribution in [0, 0.1) is 0 Å². The van der Waals surface area contributed by atoms with Crippen molar-refractivity contribution < 1.29 is 18.3 Å². The van der Waals surface area contributed by atoms with Gasteiger partial charge in [-0.2, -0.15) is 8.78 Å². The number of carbonyl (C=O) groups excluding carboxylic acids is 1. The minimum absolute atomic E-state index is 0.0413. The lowest BCUT2D eigenvalue weighted by Gasteiger charge is -2.12. The second-order valence-electron chi connectivity index (χ2n) is 5.27. The fourth-order valence-corrected chi connectivity index (χ4v) is 4.12. The average molecular weight is 441 g/mol. The molecule has 0 aliphatic carbocycles. The Morgan fingerprint density at radius 2 is 1.93 bits per heavy atom. The predicted octanol–water partition coefficient (Wildman–Crippen LogP) is 4.01. The molecule has 0 bridgehead atoms. The predicted molar refractivity (Wildman–Crippen MR) is 111 cm³/mol. The standard InChI is InChI=1S/C17H14F2N4O2S3/c18-15(19)25-11-7-5-10(6-8-11)20-16(26)23-22-14(24)9-27-17-21-12-3-1-2-4-13(12)28-17/h1-8,15H,9H2,(H,22,24)(H2,20,23,26). The van der Waals surface area contributed by atoms with E-state index in [-0.39, 0.29) is 22.5 Å². The second kappa shape index (κ2) is 9.62. The summed E-state index contributed by atoms with van der Waals surface area (Å²) in [6.07, 6.45) is 0. The van der Waals surface area contributed by atoms with Crippen molar-refractivity contribution in [1.82, 2.24) is 15.8 Å². The number of para-hydroxylation sites is 1. The maximum absolute atomic E-state index is 12.1. The van der Waals surface area contributed by atoms with E-state index in [1.165, 1.54) is 47.4 Å². The van der Waals surface area contributed by atoms with E-state index >= 15 is 0 Å². The zero-order chi connectivity index (χ0) is 19.9. The van der Waals surface area contributed by atoms with Crippen LogP contribution in [0.1, 0.15) is 0 Å². The molecule has 1 amide bonds. The molecule has 3 rings (SSSR count). The van der Waals surface area contributed by atoms with Crippen LogP contribution in [0.3, 0.4) is 0 Å². The van der Waals surface area contributed by atoms with E-state index in [0.717, 1.165) is 14.6 Å². The second-order valence-corrected chi connectivity index (χ2v) is 7.93. The lowest BCUT2D eigenvalue weighted by atomic mass is 10.3. The van der Waals surface area contributed by atoms with Crippen LogP contribution in [0.2, 0.25) is 0 Å². The third-order valence-corrected chi connectivity index (χ3v) is 5.64. The Kier molecular flexibility index (Phi) is 6.95. The normalized spacial score (nSPS) is 10.7. The number of fused-ring (bicyclic) bond motifs is 1. The average Bonchev–Trinajstić information content (AvgIpc) is 3.09. The molecule has 3 N–H and O–H groups in total. The van der Waals surface area contributed by atoms with Gasteiger partial charge in [-0.3, -0.25) is 15.6 Å². The van der Waals surface area contributed by atoms with Crippen LogP contribution in [-0.2, 0) is 4.79 Å². The van der Waals surface area contributed by atoms with Gasteiger partial charge in [0, 0.05) is 5.69 Å². The minimum Gasteiger partial charge on any atom is -0.435 e. The zero-order valence-corrected chi connectivity index (χ0v) is 16.6. The molecular weight excluding hydrogens is 426 g/mol. The van der Waals surface area contributed by atoms with Gasteiger partial charge < -0.3 is 10.1 Å². The quantitative estimate of drug-likeness (QED) is 0.304. The van der Waals surface area contributed by atoms with Crippen LogP contribution >= 0.6 is 35.3 Å². The van der Waals surface area contributed by atoms with E-state index in [2.05, 4.69) is 25.9 Å². The van der Waals surface area contributed by atoms with Gasteiger partial charge in [-0.25, -0.2) is 4.98 Å².